The van der Waals surface area contributed by atoms with E-state index in [2.05, 4.69) is 28.8 Å². The first kappa shape index (κ1) is 12.5. The summed E-state index contributed by atoms with van der Waals surface area (Å²) in [5.74, 6) is 1.77. The van der Waals surface area contributed by atoms with E-state index < -0.39 is 0 Å². The number of aryl methyl sites for hydroxylation is 1. The van der Waals surface area contributed by atoms with Gasteiger partial charge >= 0.3 is 0 Å². The molecule has 0 amide bonds. The smallest absolute Gasteiger partial charge is 0.140 e. The van der Waals surface area contributed by atoms with Crippen LogP contribution in [-0.2, 0) is 13.1 Å². The summed E-state index contributed by atoms with van der Waals surface area (Å²) in [6.07, 6.45) is 4.06. The van der Waals surface area contributed by atoms with E-state index in [1.807, 2.05) is 4.68 Å². The molecule has 1 fully saturated rings. The summed E-state index contributed by atoms with van der Waals surface area (Å²) in [7, 11) is 0. The van der Waals surface area contributed by atoms with Crippen molar-refractivity contribution in [2.45, 2.75) is 45.8 Å². The molecule has 2 N–H and O–H groups in total. The minimum Gasteiger partial charge on any atom is -0.328 e. The van der Waals surface area contributed by atoms with E-state index in [0.29, 0.717) is 12.0 Å². The summed E-state index contributed by atoms with van der Waals surface area (Å²) in [5, 5.41) is 4.20. The Labute approximate surface area is 103 Å². The van der Waals surface area contributed by atoms with E-state index in [1.165, 1.54) is 12.8 Å². The average Bonchev–Trinajstić information content (AvgIpc) is 2.77. The summed E-state index contributed by atoms with van der Waals surface area (Å²) in [4.78, 5) is 6.77. The van der Waals surface area contributed by atoms with Gasteiger partial charge in [0.15, 0.2) is 0 Å². The molecule has 5 nitrogen and oxygen atoms in total. The van der Waals surface area contributed by atoms with Gasteiger partial charge in [-0.2, -0.15) is 5.10 Å². The zero-order valence-electron chi connectivity index (χ0n) is 10.8. The SMILES string of the molecule is CCn1ncnc1CN1CCC(C(C)N)CC1. The molecule has 2 rings (SSSR count). The van der Waals surface area contributed by atoms with Crippen molar-refractivity contribution in [1.82, 2.24) is 19.7 Å². The highest BCUT2D eigenvalue weighted by Crippen LogP contribution is 2.20. The Kier molecular flexibility index (Phi) is 4.12. The normalized spacial score (nSPS) is 20.6. The lowest BCUT2D eigenvalue weighted by Crippen LogP contribution is -2.39. The fourth-order valence-electron chi connectivity index (χ4n) is 2.51. The lowest BCUT2D eigenvalue weighted by molar-refractivity contribution is 0.160. The van der Waals surface area contributed by atoms with Crippen LogP contribution in [0, 0.1) is 5.92 Å². The second-order valence-electron chi connectivity index (χ2n) is 4.96. The van der Waals surface area contributed by atoms with E-state index in [9.17, 15) is 0 Å². The molecule has 0 aromatic carbocycles. The largest absolute Gasteiger partial charge is 0.328 e. The summed E-state index contributed by atoms with van der Waals surface area (Å²) in [6, 6.07) is 0.330. The summed E-state index contributed by atoms with van der Waals surface area (Å²) < 4.78 is 1.97. The van der Waals surface area contributed by atoms with Crippen LogP contribution in [0.2, 0.25) is 0 Å². The van der Waals surface area contributed by atoms with Gasteiger partial charge in [0.25, 0.3) is 0 Å². The fourth-order valence-corrected chi connectivity index (χ4v) is 2.51. The van der Waals surface area contributed by atoms with E-state index in [-0.39, 0.29) is 0 Å². The van der Waals surface area contributed by atoms with E-state index in [4.69, 9.17) is 5.73 Å². The maximum absolute atomic E-state index is 5.95. The van der Waals surface area contributed by atoms with Crippen molar-refractivity contribution in [1.29, 1.82) is 0 Å². The van der Waals surface area contributed by atoms with E-state index >= 15 is 0 Å². The molecule has 96 valence electrons. The molecule has 2 heterocycles. The summed E-state index contributed by atoms with van der Waals surface area (Å²) in [6.45, 7) is 8.28. The Hall–Kier alpha value is -0.940. The second kappa shape index (κ2) is 5.60. The monoisotopic (exact) mass is 237 g/mol. The highest BCUT2D eigenvalue weighted by atomic mass is 15.3. The molecule has 0 spiro atoms. The van der Waals surface area contributed by atoms with Crippen LogP contribution in [0.4, 0.5) is 0 Å². The molecule has 0 aliphatic carbocycles. The topological polar surface area (TPSA) is 60.0 Å². The zero-order chi connectivity index (χ0) is 12.3. The molecule has 0 radical (unpaired) electrons. The van der Waals surface area contributed by atoms with Crippen LogP contribution in [0.25, 0.3) is 0 Å². The third-order valence-corrected chi connectivity index (χ3v) is 3.74. The minimum atomic E-state index is 0.330. The number of nitrogens with zero attached hydrogens (tertiary/aromatic N) is 4. The molecule has 0 bridgehead atoms. The van der Waals surface area contributed by atoms with Crippen molar-refractivity contribution < 1.29 is 0 Å². The van der Waals surface area contributed by atoms with Gasteiger partial charge in [-0.3, -0.25) is 4.90 Å². The first-order chi connectivity index (χ1) is 8.20. The maximum Gasteiger partial charge on any atom is 0.140 e. The number of hydrogen-bond acceptors (Lipinski definition) is 4. The van der Waals surface area contributed by atoms with Crippen molar-refractivity contribution in [3.63, 3.8) is 0 Å². The quantitative estimate of drug-likeness (QED) is 0.843. The molecule has 1 aromatic heterocycles. The standard InChI is InChI=1S/C12H23N5/c1-3-17-12(14-9-15-17)8-16-6-4-11(5-7-16)10(2)13/h9-11H,3-8,13H2,1-2H3. The van der Waals surface area contributed by atoms with Crippen molar-refractivity contribution in [2.24, 2.45) is 11.7 Å². The average molecular weight is 237 g/mol. The number of nitrogens with two attached hydrogens (primary N) is 1. The maximum atomic E-state index is 5.95. The Morgan fingerprint density at radius 2 is 2.18 bits per heavy atom. The highest BCUT2D eigenvalue weighted by Gasteiger charge is 2.22. The van der Waals surface area contributed by atoms with Gasteiger partial charge in [0, 0.05) is 12.6 Å². The number of aromatic nitrogens is 3. The third-order valence-electron chi connectivity index (χ3n) is 3.74. The summed E-state index contributed by atoms with van der Waals surface area (Å²) in [5.41, 5.74) is 5.95. The van der Waals surface area contributed by atoms with Gasteiger partial charge < -0.3 is 5.73 Å². The molecule has 0 saturated carbocycles. The molecule has 1 unspecified atom stereocenters. The van der Waals surface area contributed by atoms with Crippen LogP contribution < -0.4 is 5.73 Å². The van der Waals surface area contributed by atoms with Gasteiger partial charge in [-0.1, -0.05) is 0 Å². The van der Waals surface area contributed by atoms with Crippen molar-refractivity contribution >= 4 is 0 Å². The first-order valence-corrected chi connectivity index (χ1v) is 6.55. The van der Waals surface area contributed by atoms with Gasteiger partial charge in [-0.05, 0) is 45.7 Å². The molecular weight excluding hydrogens is 214 g/mol. The predicted octanol–water partition coefficient (Wildman–Crippen LogP) is 0.857. The van der Waals surface area contributed by atoms with Gasteiger partial charge in [-0.25, -0.2) is 9.67 Å². The van der Waals surface area contributed by atoms with Crippen LogP contribution in [0.15, 0.2) is 6.33 Å². The predicted molar refractivity (Wildman–Crippen MR) is 67.3 cm³/mol. The van der Waals surface area contributed by atoms with E-state index in [1.54, 1.807) is 6.33 Å². The van der Waals surface area contributed by atoms with Crippen LogP contribution in [0.3, 0.4) is 0 Å². The van der Waals surface area contributed by atoms with E-state index in [0.717, 1.165) is 32.0 Å². The number of hydrogen-bond donors (Lipinski definition) is 1. The number of likely N-dealkylation sites (tertiary alicyclic amines) is 1. The van der Waals surface area contributed by atoms with Crippen LogP contribution >= 0.6 is 0 Å². The van der Waals surface area contributed by atoms with Crippen molar-refractivity contribution in [2.75, 3.05) is 13.1 Å². The molecule has 1 aliphatic heterocycles. The number of piperidine rings is 1. The molecule has 5 heteroatoms. The minimum absolute atomic E-state index is 0.330. The van der Waals surface area contributed by atoms with Crippen LogP contribution in [0.1, 0.15) is 32.5 Å². The van der Waals surface area contributed by atoms with Crippen LogP contribution in [-0.4, -0.2) is 38.8 Å². The highest BCUT2D eigenvalue weighted by molar-refractivity contribution is 4.86. The summed E-state index contributed by atoms with van der Waals surface area (Å²) >= 11 is 0. The fraction of sp³-hybridized carbons (Fsp3) is 0.833. The second-order valence-corrected chi connectivity index (χ2v) is 4.96. The zero-order valence-corrected chi connectivity index (χ0v) is 10.8. The lowest BCUT2D eigenvalue weighted by atomic mass is 9.91. The van der Waals surface area contributed by atoms with Crippen molar-refractivity contribution in [3.8, 4) is 0 Å². The van der Waals surface area contributed by atoms with Gasteiger partial charge in [-0.15, -0.1) is 0 Å². The lowest BCUT2D eigenvalue weighted by Gasteiger charge is -2.33. The molecule has 1 saturated heterocycles. The van der Waals surface area contributed by atoms with Gasteiger partial charge in [0.1, 0.15) is 12.2 Å². The Balaban J connectivity index is 1.86. The molecule has 1 atom stereocenters. The first-order valence-electron chi connectivity index (χ1n) is 6.55. The van der Waals surface area contributed by atoms with Crippen molar-refractivity contribution in [3.05, 3.63) is 12.2 Å². The van der Waals surface area contributed by atoms with Gasteiger partial charge in [0.05, 0.1) is 6.54 Å². The Morgan fingerprint density at radius 3 is 2.76 bits per heavy atom. The van der Waals surface area contributed by atoms with Gasteiger partial charge in [0.2, 0.25) is 0 Å². The van der Waals surface area contributed by atoms with Crippen LogP contribution in [0.5, 0.6) is 0 Å². The Morgan fingerprint density at radius 1 is 1.47 bits per heavy atom. The Bertz CT molecular complexity index is 338. The number of rotatable bonds is 4. The molecule has 17 heavy (non-hydrogen) atoms. The molecular formula is C12H23N5. The molecule has 1 aliphatic rings. The molecule has 1 aromatic rings. The third kappa shape index (κ3) is 3.04.